The molecule has 6 nitrogen and oxygen atoms in total. The van der Waals surface area contributed by atoms with Crippen LogP contribution < -0.4 is 5.32 Å². The zero-order chi connectivity index (χ0) is 16.7. The number of nitrogens with one attached hydrogen (secondary N) is 2. The van der Waals surface area contributed by atoms with E-state index in [1.54, 1.807) is 6.92 Å². The molecule has 0 saturated heterocycles. The first-order chi connectivity index (χ1) is 10.4. The lowest BCUT2D eigenvalue weighted by Crippen LogP contribution is -2.25. The Hall–Kier alpha value is -2.11. The van der Waals surface area contributed by atoms with Crippen molar-refractivity contribution in [1.29, 1.82) is 0 Å². The number of unbranched alkanes of at least 4 members (excludes halogenated alkanes) is 2. The van der Waals surface area contributed by atoms with Crippen LogP contribution in [0, 0.1) is 6.92 Å². The highest BCUT2D eigenvalue weighted by atomic mass is 16.4. The molecule has 1 amide bonds. The Kier molecular flexibility index (Phi) is 6.82. The van der Waals surface area contributed by atoms with Crippen molar-refractivity contribution >= 4 is 17.7 Å². The second-order valence-corrected chi connectivity index (χ2v) is 5.35. The third kappa shape index (κ3) is 4.72. The van der Waals surface area contributed by atoms with Gasteiger partial charge in [0.15, 0.2) is 5.78 Å². The summed E-state index contributed by atoms with van der Waals surface area (Å²) in [5.74, 6) is -1.06. The lowest BCUT2D eigenvalue weighted by molar-refractivity contribution is -0.137. The molecule has 0 aromatic carbocycles. The van der Waals surface area contributed by atoms with Crippen molar-refractivity contribution in [2.45, 2.75) is 52.9 Å². The fraction of sp³-hybridized carbons (Fsp3) is 0.562. The lowest BCUT2D eigenvalue weighted by Gasteiger charge is -2.06. The summed E-state index contributed by atoms with van der Waals surface area (Å²) in [4.78, 5) is 37.3. The number of rotatable bonds is 9. The standard InChI is InChI=1S/C16H24N2O4/c1-4-12-14(11(3)19)10(2)18-15(12)16(22)17-9-7-5-6-8-13(20)21/h18H,4-9H2,1-3H3,(H,17,22)(H,20,21). The number of H-pyrrole nitrogens is 1. The third-order valence-corrected chi connectivity index (χ3v) is 3.58. The van der Waals surface area contributed by atoms with Crippen molar-refractivity contribution in [2.75, 3.05) is 6.54 Å². The molecule has 0 radical (unpaired) electrons. The van der Waals surface area contributed by atoms with E-state index in [1.165, 1.54) is 6.92 Å². The SMILES string of the molecule is CCc1c(C(=O)NCCCCCC(=O)O)[nH]c(C)c1C(C)=O. The molecule has 0 saturated carbocycles. The van der Waals surface area contributed by atoms with Gasteiger partial charge >= 0.3 is 5.97 Å². The van der Waals surface area contributed by atoms with Gasteiger partial charge in [-0.25, -0.2) is 0 Å². The van der Waals surface area contributed by atoms with Gasteiger partial charge in [-0.1, -0.05) is 13.3 Å². The van der Waals surface area contributed by atoms with Crippen molar-refractivity contribution in [2.24, 2.45) is 0 Å². The van der Waals surface area contributed by atoms with Crippen LogP contribution in [0.3, 0.4) is 0 Å². The quantitative estimate of drug-likeness (QED) is 0.482. The van der Waals surface area contributed by atoms with Crippen molar-refractivity contribution in [3.8, 4) is 0 Å². The average Bonchev–Trinajstić information content (AvgIpc) is 2.78. The summed E-state index contributed by atoms with van der Waals surface area (Å²) in [5.41, 5.74) is 2.54. The van der Waals surface area contributed by atoms with Gasteiger partial charge in [0.1, 0.15) is 5.69 Å². The first kappa shape index (κ1) is 17.9. The van der Waals surface area contributed by atoms with E-state index < -0.39 is 5.97 Å². The number of carbonyl (C=O) groups excluding carboxylic acids is 2. The Bertz CT molecular complexity index is 561. The average molecular weight is 308 g/mol. The monoisotopic (exact) mass is 308 g/mol. The first-order valence-electron chi connectivity index (χ1n) is 7.60. The summed E-state index contributed by atoms with van der Waals surface area (Å²) >= 11 is 0. The minimum Gasteiger partial charge on any atom is -0.481 e. The molecule has 6 heteroatoms. The molecule has 0 aliphatic carbocycles. The van der Waals surface area contributed by atoms with E-state index in [2.05, 4.69) is 10.3 Å². The van der Waals surface area contributed by atoms with Gasteiger partial charge in [-0.05, 0) is 38.7 Å². The molecule has 0 aliphatic rings. The number of ketones is 1. The fourth-order valence-corrected chi connectivity index (χ4v) is 2.57. The largest absolute Gasteiger partial charge is 0.481 e. The van der Waals surface area contributed by atoms with Crippen LogP contribution in [-0.4, -0.2) is 34.3 Å². The zero-order valence-corrected chi connectivity index (χ0v) is 13.4. The van der Waals surface area contributed by atoms with Crippen LogP contribution in [0.1, 0.15) is 71.6 Å². The summed E-state index contributed by atoms with van der Waals surface area (Å²) in [6.07, 6.45) is 2.88. The van der Waals surface area contributed by atoms with Crippen molar-refractivity contribution in [3.63, 3.8) is 0 Å². The number of Topliss-reactive ketones (excluding diaryl/α,β-unsaturated/α-hetero) is 1. The van der Waals surface area contributed by atoms with E-state index >= 15 is 0 Å². The highest BCUT2D eigenvalue weighted by molar-refractivity contribution is 6.02. The fourth-order valence-electron chi connectivity index (χ4n) is 2.57. The summed E-state index contributed by atoms with van der Waals surface area (Å²) in [7, 11) is 0. The molecule has 0 fully saturated rings. The van der Waals surface area contributed by atoms with Crippen molar-refractivity contribution in [3.05, 3.63) is 22.5 Å². The highest BCUT2D eigenvalue weighted by Crippen LogP contribution is 2.20. The predicted octanol–water partition coefficient (Wildman–Crippen LogP) is 2.46. The van der Waals surface area contributed by atoms with Gasteiger partial charge in [0.2, 0.25) is 0 Å². The minimum absolute atomic E-state index is 0.0432. The second kappa shape index (κ2) is 8.36. The smallest absolute Gasteiger partial charge is 0.303 e. The van der Waals surface area contributed by atoms with Gasteiger partial charge in [-0.15, -0.1) is 0 Å². The molecule has 122 valence electrons. The number of carboxylic acid groups (broad SMARTS) is 1. The lowest BCUT2D eigenvalue weighted by atomic mass is 10.0. The number of aromatic amines is 1. The van der Waals surface area contributed by atoms with E-state index in [-0.39, 0.29) is 18.1 Å². The van der Waals surface area contributed by atoms with Gasteiger partial charge in [-0.3, -0.25) is 14.4 Å². The number of hydrogen-bond donors (Lipinski definition) is 3. The molecule has 0 bridgehead atoms. The number of amides is 1. The number of aliphatic carboxylic acids is 1. The Labute approximate surface area is 130 Å². The van der Waals surface area contributed by atoms with Gasteiger partial charge in [-0.2, -0.15) is 0 Å². The molecule has 1 rings (SSSR count). The number of aryl methyl sites for hydroxylation is 1. The van der Waals surface area contributed by atoms with Crippen LogP contribution in [0.4, 0.5) is 0 Å². The molecular weight excluding hydrogens is 284 g/mol. The Balaban J connectivity index is 2.57. The van der Waals surface area contributed by atoms with Crippen LogP contribution >= 0.6 is 0 Å². The Morgan fingerprint density at radius 3 is 2.41 bits per heavy atom. The maximum atomic E-state index is 12.2. The summed E-state index contributed by atoms with van der Waals surface area (Å²) in [6.45, 7) is 5.70. The van der Waals surface area contributed by atoms with E-state index in [9.17, 15) is 14.4 Å². The van der Waals surface area contributed by atoms with Gasteiger partial charge in [0, 0.05) is 24.2 Å². The van der Waals surface area contributed by atoms with E-state index in [1.807, 2.05) is 6.92 Å². The van der Waals surface area contributed by atoms with E-state index in [0.29, 0.717) is 30.6 Å². The zero-order valence-electron chi connectivity index (χ0n) is 13.4. The topological polar surface area (TPSA) is 99.3 Å². The summed E-state index contributed by atoms with van der Waals surface area (Å²) in [5, 5.41) is 11.3. The molecule has 0 aliphatic heterocycles. The Morgan fingerprint density at radius 2 is 1.86 bits per heavy atom. The van der Waals surface area contributed by atoms with Crippen LogP contribution in [0.5, 0.6) is 0 Å². The number of hydrogen-bond acceptors (Lipinski definition) is 3. The second-order valence-electron chi connectivity index (χ2n) is 5.35. The Morgan fingerprint density at radius 1 is 1.18 bits per heavy atom. The molecule has 22 heavy (non-hydrogen) atoms. The number of carbonyl (C=O) groups is 3. The van der Waals surface area contributed by atoms with Gasteiger partial charge in [0.05, 0.1) is 0 Å². The van der Waals surface area contributed by atoms with Gasteiger partial charge < -0.3 is 15.4 Å². The normalized spacial score (nSPS) is 10.5. The molecular formula is C16H24N2O4. The van der Waals surface area contributed by atoms with Gasteiger partial charge in [0.25, 0.3) is 5.91 Å². The number of aromatic nitrogens is 1. The third-order valence-electron chi connectivity index (χ3n) is 3.58. The molecule has 0 unspecified atom stereocenters. The highest BCUT2D eigenvalue weighted by Gasteiger charge is 2.21. The molecule has 1 aromatic rings. The summed E-state index contributed by atoms with van der Waals surface area (Å²) < 4.78 is 0. The predicted molar refractivity (Wildman–Crippen MR) is 83.3 cm³/mol. The van der Waals surface area contributed by atoms with Crippen LogP contribution in [0.15, 0.2) is 0 Å². The van der Waals surface area contributed by atoms with E-state index in [0.717, 1.165) is 24.1 Å². The molecule has 3 N–H and O–H groups in total. The maximum Gasteiger partial charge on any atom is 0.303 e. The maximum absolute atomic E-state index is 12.2. The van der Waals surface area contributed by atoms with Crippen LogP contribution in [0.25, 0.3) is 0 Å². The minimum atomic E-state index is -0.796. The van der Waals surface area contributed by atoms with Crippen molar-refractivity contribution in [1.82, 2.24) is 10.3 Å². The van der Waals surface area contributed by atoms with E-state index in [4.69, 9.17) is 5.11 Å². The first-order valence-corrected chi connectivity index (χ1v) is 7.60. The number of carboxylic acids is 1. The van der Waals surface area contributed by atoms with Crippen LogP contribution in [0.2, 0.25) is 0 Å². The molecule has 1 heterocycles. The molecule has 0 atom stereocenters. The summed E-state index contributed by atoms with van der Waals surface area (Å²) in [6, 6.07) is 0. The molecule has 1 aromatic heterocycles. The molecule has 0 spiro atoms. The van der Waals surface area contributed by atoms with Crippen LogP contribution in [-0.2, 0) is 11.2 Å². The van der Waals surface area contributed by atoms with Crippen molar-refractivity contribution < 1.29 is 19.5 Å².